The summed E-state index contributed by atoms with van der Waals surface area (Å²) in [5, 5.41) is 22.0. The summed E-state index contributed by atoms with van der Waals surface area (Å²) in [4.78, 5) is 37.0. The Morgan fingerprint density at radius 2 is 2.09 bits per heavy atom. The topological polar surface area (TPSA) is 138 Å². The predicted octanol–water partition coefficient (Wildman–Crippen LogP) is -1.06. The molecule has 5 atom stereocenters. The number of hydrogen-bond donors (Lipinski definition) is 3. The number of thioether (sulfide) groups is 1. The third kappa shape index (κ3) is 2.62. The van der Waals surface area contributed by atoms with Crippen molar-refractivity contribution in [3.05, 3.63) is 10.6 Å². The van der Waals surface area contributed by atoms with Gasteiger partial charge < -0.3 is 25.9 Å². The Kier molecular flexibility index (Phi) is 4.74. The summed E-state index contributed by atoms with van der Waals surface area (Å²) in [5.41, 5.74) is 0.0174. The first kappa shape index (κ1) is 17.8. The number of carbonyl (C=O) groups is 3. The Hall–Kier alpha value is -1.58. The molecule has 3 heterocycles. The molecule has 0 aromatic rings. The van der Waals surface area contributed by atoms with E-state index in [9.17, 15) is 24.6 Å². The zero-order valence-electron chi connectivity index (χ0n) is 12.8. The van der Waals surface area contributed by atoms with Crippen molar-refractivity contribution < 1.29 is 30.1 Å². The van der Waals surface area contributed by atoms with Gasteiger partial charge in [-0.3, -0.25) is 9.59 Å². The van der Waals surface area contributed by atoms with Gasteiger partial charge in [-0.15, -0.1) is 11.8 Å². The molecule has 0 bridgehead atoms. The van der Waals surface area contributed by atoms with Gasteiger partial charge in [0.1, 0.15) is 5.70 Å². The van der Waals surface area contributed by atoms with Crippen LogP contribution in [0.3, 0.4) is 0 Å². The molecule has 0 aromatic heterocycles. The van der Waals surface area contributed by atoms with Gasteiger partial charge >= 0.3 is 5.97 Å². The van der Waals surface area contributed by atoms with Gasteiger partial charge in [-0.2, -0.15) is 0 Å². The largest absolute Gasteiger partial charge is 0.477 e. The second-order valence-corrected chi connectivity index (χ2v) is 7.36. The van der Waals surface area contributed by atoms with Crippen molar-refractivity contribution in [3.8, 4) is 0 Å². The monoisotopic (exact) mass is 344 g/mol. The van der Waals surface area contributed by atoms with Crippen LogP contribution < -0.4 is 5.32 Å². The highest BCUT2D eigenvalue weighted by Crippen LogP contribution is 2.51. The van der Waals surface area contributed by atoms with Crippen molar-refractivity contribution in [2.24, 2.45) is 11.8 Å². The molecular formula is C14H20N2O6S. The molecule has 9 heteroatoms. The Morgan fingerprint density at radius 3 is 2.57 bits per heavy atom. The van der Waals surface area contributed by atoms with Crippen LogP contribution in [0.4, 0.5) is 0 Å². The molecule has 5 N–H and O–H groups in total. The predicted molar refractivity (Wildman–Crippen MR) is 82.3 cm³/mol. The molecule has 3 aliphatic heterocycles. The summed E-state index contributed by atoms with van der Waals surface area (Å²) >= 11 is 1.37. The minimum atomic E-state index is -1.13. The lowest BCUT2D eigenvalue weighted by Crippen LogP contribution is -2.63. The lowest BCUT2D eigenvalue weighted by Gasteiger charge is -2.46. The molecule has 0 saturated carbocycles. The number of aliphatic hydroxyl groups excluding tert-OH is 1. The van der Waals surface area contributed by atoms with Crippen LogP contribution in [0.1, 0.15) is 20.3 Å². The number of nitrogens with one attached hydrogen (secondary N) is 1. The summed E-state index contributed by atoms with van der Waals surface area (Å²) in [6.07, 6.45) is -0.447. The molecule has 3 aliphatic rings. The van der Waals surface area contributed by atoms with Crippen molar-refractivity contribution >= 4 is 29.5 Å². The van der Waals surface area contributed by atoms with Crippen molar-refractivity contribution in [2.75, 3.05) is 6.54 Å². The highest BCUT2D eigenvalue weighted by molar-refractivity contribution is 8.03. The minimum Gasteiger partial charge on any atom is -0.477 e. The fraction of sp³-hybridized carbons (Fsp3) is 0.643. The van der Waals surface area contributed by atoms with Crippen LogP contribution in [-0.2, 0) is 14.4 Å². The maximum absolute atomic E-state index is 12.2. The van der Waals surface area contributed by atoms with Crippen LogP contribution in [0.5, 0.6) is 0 Å². The molecule has 8 nitrogen and oxygen atoms in total. The smallest absolute Gasteiger partial charge is 0.353 e. The van der Waals surface area contributed by atoms with Gasteiger partial charge in [0.25, 0.3) is 0 Å². The van der Waals surface area contributed by atoms with Crippen LogP contribution in [0.2, 0.25) is 0 Å². The first-order chi connectivity index (χ1) is 10.3. The number of hydrogen-bond acceptors (Lipinski definition) is 5. The molecule has 2 fully saturated rings. The normalized spacial score (nSPS) is 33.8. The minimum absolute atomic E-state index is 0. The fourth-order valence-electron chi connectivity index (χ4n) is 3.52. The van der Waals surface area contributed by atoms with E-state index in [4.69, 9.17) is 0 Å². The third-order valence-corrected chi connectivity index (χ3v) is 6.03. The molecule has 23 heavy (non-hydrogen) atoms. The van der Waals surface area contributed by atoms with Gasteiger partial charge in [-0.1, -0.05) is 6.92 Å². The lowest BCUT2D eigenvalue weighted by atomic mass is 9.79. The number of fused-ring (bicyclic) bond motifs is 1. The maximum atomic E-state index is 12.2. The van der Waals surface area contributed by atoms with E-state index in [1.54, 1.807) is 6.92 Å². The Morgan fingerprint density at radius 1 is 1.43 bits per heavy atom. The van der Waals surface area contributed by atoms with Gasteiger partial charge in [0.05, 0.1) is 18.1 Å². The van der Waals surface area contributed by atoms with Crippen molar-refractivity contribution in [2.45, 2.75) is 37.7 Å². The van der Waals surface area contributed by atoms with Gasteiger partial charge in [0.2, 0.25) is 11.8 Å². The first-order valence-corrected chi connectivity index (χ1v) is 8.12. The summed E-state index contributed by atoms with van der Waals surface area (Å²) in [5.74, 6) is -2.20. The van der Waals surface area contributed by atoms with E-state index in [1.807, 2.05) is 6.92 Å². The molecule has 0 unspecified atom stereocenters. The van der Waals surface area contributed by atoms with Crippen LogP contribution in [0.25, 0.3) is 0 Å². The standard InChI is InChI=1S/C14H18N2O5S.H2O/c1-5-10-9(6(2)17)13(19)16(10)11(14(20)21)12(5)22-7-3-8(18)15-4-7;/h5-7,9-10,17H,3-4H2,1-2H3,(H,15,18)(H,20,21);1H2/t5-,6-,7-,9-,10-;/m1./s1. The SMILES string of the molecule is C[C@@H](O)[C@H]1C(=O)N2C(C(=O)O)=C(S[C@H]3CNC(=O)C3)[C@H](C)[C@H]12.O. The Labute approximate surface area is 137 Å². The number of carboxylic acids is 1. The van der Waals surface area contributed by atoms with Gasteiger partial charge in [0, 0.05) is 29.0 Å². The molecule has 0 spiro atoms. The third-order valence-electron chi connectivity index (χ3n) is 4.54. The highest BCUT2D eigenvalue weighted by Gasteiger charge is 2.60. The molecular weight excluding hydrogens is 324 g/mol. The lowest BCUT2D eigenvalue weighted by molar-refractivity contribution is -0.163. The average Bonchev–Trinajstić information content (AvgIpc) is 2.92. The fourth-order valence-corrected chi connectivity index (χ4v) is 4.93. The number of rotatable bonds is 4. The van der Waals surface area contributed by atoms with Crippen molar-refractivity contribution in [1.29, 1.82) is 0 Å². The van der Waals surface area contributed by atoms with Crippen molar-refractivity contribution in [1.82, 2.24) is 10.2 Å². The second kappa shape index (κ2) is 6.14. The molecule has 0 aromatic carbocycles. The van der Waals surface area contributed by atoms with Crippen LogP contribution in [0, 0.1) is 11.8 Å². The molecule has 3 rings (SSSR count). The number of β-lactam (4-membered cyclic amide) rings is 1. The molecule has 2 amide bonds. The van der Waals surface area contributed by atoms with E-state index in [2.05, 4.69) is 5.32 Å². The quantitative estimate of drug-likeness (QED) is 0.556. The van der Waals surface area contributed by atoms with Crippen LogP contribution in [-0.4, -0.2) is 62.3 Å². The number of nitrogens with zero attached hydrogens (tertiary/aromatic N) is 1. The van der Waals surface area contributed by atoms with Crippen molar-refractivity contribution in [3.63, 3.8) is 0 Å². The summed E-state index contributed by atoms with van der Waals surface area (Å²) in [6.45, 7) is 3.94. The van der Waals surface area contributed by atoms with Gasteiger partial charge in [-0.05, 0) is 6.92 Å². The Bertz CT molecular complexity index is 590. The summed E-state index contributed by atoms with van der Waals surface area (Å²) in [6, 6.07) is -0.300. The molecule has 0 aliphatic carbocycles. The Balaban J connectivity index is 0.00000192. The maximum Gasteiger partial charge on any atom is 0.353 e. The molecule has 128 valence electrons. The van der Waals surface area contributed by atoms with E-state index in [0.717, 1.165) is 0 Å². The van der Waals surface area contributed by atoms with E-state index >= 15 is 0 Å². The number of aliphatic carboxylic acids is 1. The first-order valence-electron chi connectivity index (χ1n) is 7.25. The number of amides is 2. The zero-order valence-corrected chi connectivity index (χ0v) is 13.6. The van der Waals surface area contributed by atoms with Crippen LogP contribution in [0.15, 0.2) is 10.6 Å². The van der Waals surface area contributed by atoms with E-state index in [-0.39, 0.29) is 40.2 Å². The summed E-state index contributed by atoms with van der Waals surface area (Å²) in [7, 11) is 0. The molecule has 0 radical (unpaired) electrons. The van der Waals surface area contributed by atoms with E-state index in [1.165, 1.54) is 16.7 Å². The van der Waals surface area contributed by atoms with Gasteiger partial charge in [0.15, 0.2) is 0 Å². The van der Waals surface area contributed by atoms with E-state index in [0.29, 0.717) is 17.9 Å². The van der Waals surface area contributed by atoms with Gasteiger partial charge in [-0.25, -0.2) is 4.79 Å². The second-order valence-electron chi connectivity index (χ2n) is 6.02. The highest BCUT2D eigenvalue weighted by atomic mass is 32.2. The number of carboxylic acid groups (broad SMARTS) is 1. The van der Waals surface area contributed by atoms with Crippen LogP contribution >= 0.6 is 11.8 Å². The molecule has 2 saturated heterocycles. The van der Waals surface area contributed by atoms with E-state index < -0.39 is 18.0 Å². The summed E-state index contributed by atoms with van der Waals surface area (Å²) < 4.78 is 0. The zero-order chi connectivity index (χ0) is 16.2. The number of carbonyl (C=O) groups excluding carboxylic acids is 2. The average molecular weight is 344 g/mol. The number of aliphatic hydroxyl groups is 1.